The lowest BCUT2D eigenvalue weighted by molar-refractivity contribution is -0.132. The van der Waals surface area contributed by atoms with E-state index >= 15 is 4.39 Å². The number of piperidine rings is 1. The van der Waals surface area contributed by atoms with Crippen molar-refractivity contribution in [2.24, 2.45) is 10.7 Å². The van der Waals surface area contributed by atoms with Crippen molar-refractivity contribution < 1.29 is 61.6 Å². The van der Waals surface area contributed by atoms with E-state index in [0.717, 1.165) is 42.2 Å². The summed E-state index contributed by atoms with van der Waals surface area (Å²) in [6, 6.07) is 19.2. The predicted octanol–water partition coefficient (Wildman–Crippen LogP) is 7.37. The zero-order valence-electron chi connectivity index (χ0n) is 52.2. The third kappa shape index (κ3) is 21.4. The quantitative estimate of drug-likeness (QED) is 0.0135. The van der Waals surface area contributed by atoms with Crippen LogP contribution >= 0.6 is 0 Å². The number of carbonyl (C=O) groups excluding carboxylic acids is 7. The standard InChI is InChI=1S/C65H88FN11O12/c1-46(71-59(81)49-16-11-17-51(41-49)73-65(62(68)72-58(67)47-21-25-70-26-22-47)23-27-77(28-24-65)63(84)89-64(2,3)4)48-15-12-18-52(42-48)88-36-10-8-7-9-34-85-37-39-87-40-38-86-35-14-20-57(80)76-31-29-75(30-32-76)56-43-50(45-79)53(44-54(56)66)61(83)74(6)55(19-13-33-78)60(82)69-5/h11-12,15-18,21-22,25-26,33,41-46,55,73H,7-10,13-14,19-20,23-24,27-32,34-40H2,1-6H3,(H,69,82)(H,71,81)(H3,67,68,72). The Morgan fingerprint density at radius 3 is 2.11 bits per heavy atom. The first-order valence-electron chi connectivity index (χ1n) is 30.5. The van der Waals surface area contributed by atoms with Gasteiger partial charge in [0.2, 0.25) is 11.8 Å². The van der Waals surface area contributed by atoms with E-state index in [-0.39, 0.29) is 65.6 Å². The minimum Gasteiger partial charge on any atom is -0.494 e. The minimum atomic E-state index is -0.989. The average Bonchev–Trinajstić information content (AvgIpc) is 1.02. The third-order valence-electron chi connectivity index (χ3n) is 15.4. The SMILES string of the molecule is CNC(=O)C(CCC=O)N(C)C(=O)c1cc(F)c(N2CCN(C(=O)CCCOCCOCCOCCCCCCOc3cccc(C(C)NC(=O)c4cccc(NC5(C(N)=NC(=N)c6ccncc6)CCN(C(=O)OC(C)(C)C)CC5)c4)c3)CC2)cc1C=O. The normalized spacial score (nSPS) is 14.9. The van der Waals surface area contributed by atoms with Gasteiger partial charge in [0, 0.05) is 114 Å². The number of unbranched alkanes of at least 4 members (excludes halogenated alkanes) is 3. The van der Waals surface area contributed by atoms with Gasteiger partial charge in [-0.1, -0.05) is 24.6 Å². The molecule has 6 rings (SSSR count). The molecule has 3 heterocycles. The molecule has 3 aromatic carbocycles. The highest BCUT2D eigenvalue weighted by Gasteiger charge is 2.41. The zero-order valence-corrected chi connectivity index (χ0v) is 52.2. The van der Waals surface area contributed by atoms with E-state index in [1.807, 2.05) is 58.0 Å². The molecular formula is C65H88FN11O12. The fourth-order valence-corrected chi connectivity index (χ4v) is 10.3. The Morgan fingerprint density at radius 2 is 1.46 bits per heavy atom. The van der Waals surface area contributed by atoms with E-state index < -0.39 is 40.9 Å². The second-order valence-electron chi connectivity index (χ2n) is 23.0. The number of amidine groups is 2. The number of amides is 5. The third-order valence-corrected chi connectivity index (χ3v) is 15.4. The van der Waals surface area contributed by atoms with Crippen molar-refractivity contribution in [2.75, 3.05) is 110 Å². The van der Waals surface area contributed by atoms with Crippen LogP contribution in [0.3, 0.4) is 0 Å². The zero-order chi connectivity index (χ0) is 64.3. The maximum absolute atomic E-state index is 15.5. The number of likely N-dealkylation sites (tertiary alicyclic amines) is 1. The largest absolute Gasteiger partial charge is 0.494 e. The number of anilines is 2. The van der Waals surface area contributed by atoms with E-state index in [9.17, 15) is 33.6 Å². The smallest absolute Gasteiger partial charge is 0.410 e. The van der Waals surface area contributed by atoms with E-state index in [1.165, 1.54) is 20.2 Å². The number of rotatable bonds is 33. The van der Waals surface area contributed by atoms with Gasteiger partial charge in [0.05, 0.1) is 55.9 Å². The van der Waals surface area contributed by atoms with Crippen molar-refractivity contribution in [1.29, 1.82) is 5.41 Å². The first-order valence-corrected chi connectivity index (χ1v) is 30.5. The fraction of sp³-hybridized carbons (Fsp3) is 0.508. The van der Waals surface area contributed by atoms with Gasteiger partial charge < -0.3 is 69.8 Å². The second-order valence-corrected chi connectivity index (χ2v) is 23.0. The number of hydrogen-bond acceptors (Lipinski definition) is 16. The summed E-state index contributed by atoms with van der Waals surface area (Å²) in [5.74, 6) is -1.38. The number of ether oxygens (including phenoxy) is 5. The Hall–Kier alpha value is -8.35. The van der Waals surface area contributed by atoms with Gasteiger partial charge in [0.1, 0.15) is 35.3 Å². The number of piperazine rings is 1. The summed E-state index contributed by atoms with van der Waals surface area (Å²) in [7, 11) is 2.77. The number of nitrogens with one attached hydrogen (secondary N) is 4. The van der Waals surface area contributed by atoms with E-state index in [1.54, 1.807) is 57.4 Å². The average molecular weight is 1230 g/mol. The molecule has 0 bridgehead atoms. The van der Waals surface area contributed by atoms with Crippen LogP contribution in [0.2, 0.25) is 0 Å². The number of aldehydes is 2. The lowest BCUT2D eigenvalue weighted by Crippen LogP contribution is -2.58. The van der Waals surface area contributed by atoms with E-state index in [2.05, 4.69) is 25.9 Å². The van der Waals surface area contributed by atoms with Crippen LogP contribution in [0.15, 0.2) is 90.2 Å². The number of carbonyl (C=O) groups is 7. The molecule has 1 aromatic heterocycles. The molecule has 482 valence electrons. The Labute approximate surface area is 521 Å². The molecule has 23 nitrogen and oxygen atoms in total. The van der Waals surface area contributed by atoms with Crippen LogP contribution < -0.4 is 31.3 Å². The lowest BCUT2D eigenvalue weighted by Gasteiger charge is -2.42. The highest BCUT2D eigenvalue weighted by molar-refractivity contribution is 6.08. The number of pyridine rings is 1. The van der Waals surface area contributed by atoms with Crippen molar-refractivity contribution in [2.45, 2.75) is 115 Å². The van der Waals surface area contributed by atoms with Crippen LogP contribution in [0.1, 0.15) is 140 Å². The number of hydrogen-bond donors (Lipinski definition) is 5. The minimum absolute atomic E-state index is 0.0246. The van der Waals surface area contributed by atoms with Gasteiger partial charge in [-0.15, -0.1) is 0 Å². The molecule has 0 saturated carbocycles. The topological polar surface area (TPSA) is 290 Å². The predicted molar refractivity (Wildman–Crippen MR) is 336 cm³/mol. The van der Waals surface area contributed by atoms with Gasteiger partial charge >= 0.3 is 6.09 Å². The molecule has 0 radical (unpaired) electrons. The molecule has 0 spiro atoms. The van der Waals surface area contributed by atoms with Gasteiger partial charge in [0.15, 0.2) is 12.1 Å². The molecule has 2 atom stereocenters. The first kappa shape index (κ1) is 69.7. The molecule has 0 aliphatic carbocycles. The Kier molecular flexibility index (Phi) is 27.4. The van der Waals surface area contributed by atoms with Crippen LogP contribution in [-0.2, 0) is 33.3 Å². The van der Waals surface area contributed by atoms with Crippen molar-refractivity contribution in [1.82, 2.24) is 30.3 Å². The van der Waals surface area contributed by atoms with Crippen LogP contribution in [-0.4, -0.2) is 190 Å². The monoisotopic (exact) mass is 1230 g/mol. The van der Waals surface area contributed by atoms with Crippen LogP contribution in [0, 0.1) is 11.2 Å². The van der Waals surface area contributed by atoms with Crippen molar-refractivity contribution in [3.8, 4) is 5.75 Å². The number of aromatic nitrogens is 1. The van der Waals surface area contributed by atoms with Gasteiger partial charge in [-0.25, -0.2) is 14.2 Å². The first-order chi connectivity index (χ1) is 42.8. The molecule has 2 aliphatic rings. The van der Waals surface area contributed by atoms with Crippen molar-refractivity contribution >= 4 is 65.3 Å². The molecule has 24 heteroatoms. The maximum atomic E-state index is 15.5. The second kappa shape index (κ2) is 35.0. The molecule has 2 fully saturated rings. The van der Waals surface area contributed by atoms with Gasteiger partial charge in [-0.2, -0.15) is 0 Å². The van der Waals surface area contributed by atoms with E-state index in [4.69, 9.17) is 34.8 Å². The van der Waals surface area contributed by atoms with Crippen LogP contribution in [0.25, 0.3) is 0 Å². The number of nitrogens with zero attached hydrogens (tertiary/aromatic N) is 6. The van der Waals surface area contributed by atoms with Gasteiger partial charge in [0.25, 0.3) is 11.8 Å². The molecule has 4 aromatic rings. The number of benzene rings is 3. The molecule has 2 aliphatic heterocycles. The number of aliphatic imine (C=N–C) groups is 1. The summed E-state index contributed by atoms with van der Waals surface area (Å²) in [4.78, 5) is 103. The summed E-state index contributed by atoms with van der Waals surface area (Å²) in [5.41, 5.74) is 7.54. The Morgan fingerprint density at radius 1 is 0.809 bits per heavy atom. The number of likely N-dealkylation sites (N-methyl/N-ethyl adjacent to an activating group) is 2. The van der Waals surface area contributed by atoms with Crippen molar-refractivity contribution in [3.05, 3.63) is 119 Å². The highest BCUT2D eigenvalue weighted by atomic mass is 19.1. The summed E-state index contributed by atoms with van der Waals surface area (Å²) in [6.07, 6.45) is 9.26. The Balaban J connectivity index is 0.804. The summed E-state index contributed by atoms with van der Waals surface area (Å²) < 4.78 is 44.3. The van der Waals surface area contributed by atoms with Gasteiger partial charge in [-0.05, 0) is 133 Å². The molecule has 2 unspecified atom stereocenters. The van der Waals surface area contributed by atoms with Crippen LogP contribution in [0.5, 0.6) is 5.75 Å². The number of halogens is 1. The summed E-state index contributed by atoms with van der Waals surface area (Å²) >= 11 is 0. The highest BCUT2D eigenvalue weighted by Crippen LogP contribution is 2.31. The fourth-order valence-electron chi connectivity index (χ4n) is 10.3. The van der Waals surface area contributed by atoms with E-state index in [0.29, 0.717) is 140 Å². The molecule has 5 amide bonds. The molecule has 2 saturated heterocycles. The molecule has 6 N–H and O–H groups in total. The molecule has 89 heavy (non-hydrogen) atoms. The summed E-state index contributed by atoms with van der Waals surface area (Å²) in [6.45, 7) is 12.6. The summed E-state index contributed by atoms with van der Waals surface area (Å²) in [5, 5.41) is 17.8. The lowest BCUT2D eigenvalue weighted by atomic mass is 9.85. The van der Waals surface area contributed by atoms with Crippen LogP contribution in [0.4, 0.5) is 20.6 Å². The number of nitrogens with two attached hydrogens (primary N) is 1. The van der Waals surface area contributed by atoms with Gasteiger partial charge in [-0.3, -0.25) is 34.4 Å². The maximum Gasteiger partial charge on any atom is 0.410 e. The Bertz CT molecular complexity index is 3040. The van der Waals surface area contributed by atoms with Crippen molar-refractivity contribution in [3.63, 3.8) is 0 Å². The molecular weight excluding hydrogens is 1150 g/mol.